The van der Waals surface area contributed by atoms with Crippen LogP contribution in [0.4, 0.5) is 0 Å². The lowest BCUT2D eigenvalue weighted by Gasteiger charge is -2.21. The Kier molecular flexibility index (Phi) is 5.24. The van der Waals surface area contributed by atoms with Gasteiger partial charge in [0.1, 0.15) is 5.76 Å². The summed E-state index contributed by atoms with van der Waals surface area (Å²) in [6, 6.07) is 8.06. The van der Waals surface area contributed by atoms with E-state index in [1.165, 1.54) is 0 Å². The number of benzene rings is 1. The SMILES string of the molecule is COc1cc(-c2nc3c(o2)[C@H](NC(=O)c2cc(Cl)cc(Cl)c2)CCC3)ccn1. The molecular formula is C20H17Cl2N3O3. The van der Waals surface area contributed by atoms with Crippen LogP contribution in [0.5, 0.6) is 5.88 Å². The molecule has 0 fully saturated rings. The van der Waals surface area contributed by atoms with Crippen LogP contribution in [-0.4, -0.2) is 23.0 Å². The Bertz CT molecular complexity index is 1020. The Morgan fingerprint density at radius 1 is 1.25 bits per heavy atom. The molecule has 0 unspecified atom stereocenters. The van der Waals surface area contributed by atoms with Crippen molar-refractivity contribution in [3.8, 4) is 17.3 Å². The second-order valence-corrected chi connectivity index (χ2v) is 7.37. The summed E-state index contributed by atoms with van der Waals surface area (Å²) in [4.78, 5) is 21.4. The number of carbonyl (C=O) groups excluding carboxylic acids is 1. The van der Waals surface area contributed by atoms with Gasteiger partial charge in [0.25, 0.3) is 5.91 Å². The van der Waals surface area contributed by atoms with Crippen molar-refractivity contribution in [2.45, 2.75) is 25.3 Å². The fourth-order valence-electron chi connectivity index (χ4n) is 3.26. The summed E-state index contributed by atoms with van der Waals surface area (Å²) in [7, 11) is 1.56. The maximum Gasteiger partial charge on any atom is 0.251 e. The van der Waals surface area contributed by atoms with E-state index in [4.69, 9.17) is 32.4 Å². The quantitative estimate of drug-likeness (QED) is 0.655. The Balaban J connectivity index is 1.60. The number of hydrogen-bond acceptors (Lipinski definition) is 5. The molecule has 0 spiro atoms. The van der Waals surface area contributed by atoms with Crippen LogP contribution >= 0.6 is 23.2 Å². The van der Waals surface area contributed by atoms with Gasteiger partial charge in [-0.2, -0.15) is 0 Å². The molecule has 0 aliphatic heterocycles. The first kappa shape index (κ1) is 18.8. The zero-order valence-corrected chi connectivity index (χ0v) is 16.5. The molecule has 144 valence electrons. The highest BCUT2D eigenvalue weighted by atomic mass is 35.5. The van der Waals surface area contributed by atoms with Gasteiger partial charge in [-0.05, 0) is 43.5 Å². The van der Waals surface area contributed by atoms with Crippen LogP contribution in [-0.2, 0) is 6.42 Å². The summed E-state index contributed by atoms with van der Waals surface area (Å²) in [5, 5.41) is 3.83. The van der Waals surface area contributed by atoms with Crippen molar-refractivity contribution in [2.75, 3.05) is 7.11 Å². The average molecular weight is 418 g/mol. The zero-order valence-electron chi connectivity index (χ0n) is 15.0. The maximum absolute atomic E-state index is 12.7. The Morgan fingerprint density at radius 3 is 2.79 bits per heavy atom. The third-order valence-electron chi connectivity index (χ3n) is 4.57. The number of nitrogens with one attached hydrogen (secondary N) is 1. The lowest BCUT2D eigenvalue weighted by atomic mass is 9.96. The third-order valence-corrected chi connectivity index (χ3v) is 5.01. The number of carbonyl (C=O) groups is 1. The third kappa shape index (κ3) is 3.84. The van der Waals surface area contributed by atoms with E-state index in [2.05, 4.69) is 15.3 Å². The fraction of sp³-hybridized carbons (Fsp3) is 0.250. The van der Waals surface area contributed by atoms with Gasteiger partial charge in [-0.15, -0.1) is 0 Å². The summed E-state index contributed by atoms with van der Waals surface area (Å²) in [6.07, 6.45) is 4.11. The predicted octanol–water partition coefficient (Wildman–Crippen LogP) is 4.86. The number of pyridine rings is 1. The molecule has 1 aliphatic rings. The summed E-state index contributed by atoms with van der Waals surface area (Å²) in [6.45, 7) is 0. The second kappa shape index (κ2) is 7.81. The largest absolute Gasteiger partial charge is 0.481 e. The van der Waals surface area contributed by atoms with Gasteiger partial charge in [0.15, 0.2) is 0 Å². The molecule has 0 saturated heterocycles. The van der Waals surface area contributed by atoms with E-state index in [-0.39, 0.29) is 11.9 Å². The van der Waals surface area contributed by atoms with Gasteiger partial charge in [0.05, 0.1) is 18.8 Å². The molecule has 3 aromatic rings. The Labute approximate surface area is 171 Å². The molecule has 1 N–H and O–H groups in total. The van der Waals surface area contributed by atoms with E-state index >= 15 is 0 Å². The molecule has 2 aromatic heterocycles. The molecule has 2 heterocycles. The van der Waals surface area contributed by atoms with Crippen molar-refractivity contribution in [3.05, 3.63) is 63.6 Å². The Hall–Kier alpha value is -2.57. The normalized spacial score (nSPS) is 15.8. The van der Waals surface area contributed by atoms with E-state index < -0.39 is 0 Å². The average Bonchev–Trinajstić information content (AvgIpc) is 3.13. The van der Waals surface area contributed by atoms with Crippen LogP contribution in [0.15, 0.2) is 40.9 Å². The summed E-state index contributed by atoms with van der Waals surface area (Å²) < 4.78 is 11.2. The lowest BCUT2D eigenvalue weighted by molar-refractivity contribution is 0.0927. The van der Waals surface area contributed by atoms with Crippen LogP contribution in [0.2, 0.25) is 10.0 Å². The van der Waals surface area contributed by atoms with Crippen LogP contribution in [0.3, 0.4) is 0 Å². The number of ether oxygens (including phenoxy) is 1. The van der Waals surface area contributed by atoms with Crippen molar-refractivity contribution >= 4 is 29.1 Å². The van der Waals surface area contributed by atoms with Gasteiger partial charge in [0, 0.05) is 33.4 Å². The monoisotopic (exact) mass is 417 g/mol. The molecule has 8 heteroatoms. The highest BCUT2D eigenvalue weighted by Crippen LogP contribution is 2.34. The minimum absolute atomic E-state index is 0.259. The molecule has 1 atom stereocenters. The number of aromatic nitrogens is 2. The smallest absolute Gasteiger partial charge is 0.251 e. The zero-order chi connectivity index (χ0) is 19.7. The van der Waals surface area contributed by atoms with Crippen LogP contribution in [0.25, 0.3) is 11.5 Å². The maximum atomic E-state index is 12.7. The number of rotatable bonds is 4. The van der Waals surface area contributed by atoms with Gasteiger partial charge in [-0.25, -0.2) is 9.97 Å². The van der Waals surface area contributed by atoms with Crippen molar-refractivity contribution < 1.29 is 13.9 Å². The first-order chi connectivity index (χ1) is 13.5. The number of aryl methyl sites for hydroxylation is 1. The highest BCUT2D eigenvalue weighted by molar-refractivity contribution is 6.35. The number of halogens is 2. The van der Waals surface area contributed by atoms with Crippen LogP contribution in [0.1, 0.15) is 40.7 Å². The number of nitrogens with zero attached hydrogens (tertiary/aromatic N) is 2. The molecule has 1 amide bonds. The number of oxazole rings is 1. The molecule has 6 nitrogen and oxygen atoms in total. The topological polar surface area (TPSA) is 77.3 Å². The summed E-state index contributed by atoms with van der Waals surface area (Å²) in [5.74, 6) is 1.39. The van der Waals surface area contributed by atoms with Crippen molar-refractivity contribution in [2.24, 2.45) is 0 Å². The lowest BCUT2D eigenvalue weighted by Crippen LogP contribution is -2.30. The minimum Gasteiger partial charge on any atom is -0.481 e. The van der Waals surface area contributed by atoms with Crippen molar-refractivity contribution in [3.63, 3.8) is 0 Å². The molecular weight excluding hydrogens is 401 g/mol. The van der Waals surface area contributed by atoms with Gasteiger partial charge in [-0.3, -0.25) is 4.79 Å². The molecule has 4 rings (SSSR count). The van der Waals surface area contributed by atoms with Crippen molar-refractivity contribution in [1.29, 1.82) is 0 Å². The number of hydrogen-bond donors (Lipinski definition) is 1. The van der Waals surface area contributed by atoms with E-state index in [1.54, 1.807) is 43.6 Å². The van der Waals surface area contributed by atoms with E-state index in [1.807, 2.05) is 0 Å². The van der Waals surface area contributed by atoms with Gasteiger partial charge in [0.2, 0.25) is 11.8 Å². The summed E-state index contributed by atoms with van der Waals surface area (Å²) >= 11 is 12.0. The van der Waals surface area contributed by atoms with E-state index in [9.17, 15) is 4.79 Å². The second-order valence-electron chi connectivity index (χ2n) is 6.49. The molecule has 1 aromatic carbocycles. The molecule has 0 saturated carbocycles. The van der Waals surface area contributed by atoms with Gasteiger partial charge >= 0.3 is 0 Å². The molecule has 1 aliphatic carbocycles. The molecule has 0 radical (unpaired) electrons. The standard InChI is InChI=1S/C20H17Cl2N3O3/c1-27-17-9-11(5-6-23-17)20-25-16-4-2-3-15(18(16)28-20)24-19(26)12-7-13(21)10-14(22)8-12/h5-10,15H,2-4H2,1H3,(H,24,26)/t15-/m1/s1. The highest BCUT2D eigenvalue weighted by Gasteiger charge is 2.28. The van der Waals surface area contributed by atoms with E-state index in [0.717, 1.165) is 30.5 Å². The van der Waals surface area contributed by atoms with Gasteiger partial charge < -0.3 is 14.5 Å². The van der Waals surface area contributed by atoms with Crippen molar-refractivity contribution in [1.82, 2.24) is 15.3 Å². The first-order valence-corrected chi connectivity index (χ1v) is 9.56. The Morgan fingerprint density at radius 2 is 2.04 bits per heavy atom. The minimum atomic E-state index is -0.265. The van der Waals surface area contributed by atoms with Crippen LogP contribution < -0.4 is 10.1 Å². The first-order valence-electron chi connectivity index (χ1n) is 8.80. The van der Waals surface area contributed by atoms with Gasteiger partial charge in [-0.1, -0.05) is 23.2 Å². The van der Waals surface area contributed by atoms with Crippen LogP contribution in [0, 0.1) is 0 Å². The molecule has 28 heavy (non-hydrogen) atoms. The fourth-order valence-corrected chi connectivity index (χ4v) is 3.79. The van der Waals surface area contributed by atoms with E-state index in [0.29, 0.717) is 33.1 Å². The number of amides is 1. The number of fused-ring (bicyclic) bond motifs is 1. The number of methoxy groups -OCH3 is 1. The molecule has 0 bridgehead atoms. The predicted molar refractivity (Wildman–Crippen MR) is 106 cm³/mol. The summed E-state index contributed by atoms with van der Waals surface area (Å²) in [5.41, 5.74) is 2.03.